The maximum absolute atomic E-state index is 5.70. The standard InChI is InChI=1S/C14H26N4/c1-10(2)12(8-9-15)4-7-14-17-16-11(3)18(14)13-5-6-13/h10,12-13H,4-9,15H2,1-3H3. The van der Waals surface area contributed by atoms with E-state index in [1.807, 2.05) is 0 Å². The van der Waals surface area contributed by atoms with Crippen molar-refractivity contribution in [3.05, 3.63) is 11.6 Å². The number of hydrogen-bond donors (Lipinski definition) is 1. The van der Waals surface area contributed by atoms with Gasteiger partial charge in [-0.15, -0.1) is 10.2 Å². The van der Waals surface area contributed by atoms with E-state index in [1.165, 1.54) is 25.1 Å². The number of nitrogens with zero attached hydrogens (tertiary/aromatic N) is 3. The van der Waals surface area contributed by atoms with Gasteiger partial charge in [-0.2, -0.15) is 0 Å². The molecule has 2 N–H and O–H groups in total. The molecule has 4 nitrogen and oxygen atoms in total. The molecule has 18 heavy (non-hydrogen) atoms. The van der Waals surface area contributed by atoms with E-state index < -0.39 is 0 Å². The van der Waals surface area contributed by atoms with E-state index in [0.717, 1.165) is 25.2 Å². The van der Waals surface area contributed by atoms with Crippen LogP contribution in [0.1, 0.15) is 57.2 Å². The Bertz CT molecular complexity index is 379. The van der Waals surface area contributed by atoms with Gasteiger partial charge in [0.2, 0.25) is 0 Å². The van der Waals surface area contributed by atoms with Gasteiger partial charge in [0.1, 0.15) is 11.6 Å². The normalized spacial score (nSPS) is 17.4. The zero-order valence-corrected chi connectivity index (χ0v) is 11.9. The van der Waals surface area contributed by atoms with E-state index in [9.17, 15) is 0 Å². The first-order valence-electron chi connectivity index (χ1n) is 7.24. The maximum atomic E-state index is 5.70. The SMILES string of the molecule is Cc1nnc(CCC(CCN)C(C)C)n1C1CC1. The number of hydrogen-bond acceptors (Lipinski definition) is 3. The summed E-state index contributed by atoms with van der Waals surface area (Å²) in [4.78, 5) is 0. The van der Waals surface area contributed by atoms with Crippen LogP contribution in [0.25, 0.3) is 0 Å². The highest BCUT2D eigenvalue weighted by Crippen LogP contribution is 2.36. The largest absolute Gasteiger partial charge is 0.330 e. The Hall–Kier alpha value is -0.900. The third kappa shape index (κ3) is 3.10. The summed E-state index contributed by atoms with van der Waals surface area (Å²) in [6.07, 6.45) is 5.93. The lowest BCUT2D eigenvalue weighted by Crippen LogP contribution is -2.16. The average Bonchev–Trinajstić information content (AvgIpc) is 3.09. The van der Waals surface area contributed by atoms with Crippen molar-refractivity contribution >= 4 is 0 Å². The van der Waals surface area contributed by atoms with Gasteiger partial charge in [0.05, 0.1) is 0 Å². The fraction of sp³-hybridized carbons (Fsp3) is 0.857. The minimum Gasteiger partial charge on any atom is -0.330 e. The van der Waals surface area contributed by atoms with Crippen molar-refractivity contribution in [3.63, 3.8) is 0 Å². The molecule has 0 amide bonds. The lowest BCUT2D eigenvalue weighted by atomic mass is 9.88. The van der Waals surface area contributed by atoms with E-state index in [4.69, 9.17) is 5.73 Å². The van der Waals surface area contributed by atoms with Gasteiger partial charge in [-0.25, -0.2) is 0 Å². The minimum absolute atomic E-state index is 0.682. The maximum Gasteiger partial charge on any atom is 0.133 e. The second-order valence-corrected chi connectivity index (χ2v) is 5.88. The summed E-state index contributed by atoms with van der Waals surface area (Å²) in [5.74, 6) is 3.66. The van der Waals surface area contributed by atoms with Crippen LogP contribution in [-0.2, 0) is 6.42 Å². The highest BCUT2D eigenvalue weighted by molar-refractivity contribution is 5.01. The van der Waals surface area contributed by atoms with Gasteiger partial charge in [0.25, 0.3) is 0 Å². The van der Waals surface area contributed by atoms with Crippen LogP contribution in [0.5, 0.6) is 0 Å². The number of rotatable bonds is 7. The number of aryl methyl sites for hydroxylation is 2. The first-order valence-corrected chi connectivity index (χ1v) is 7.24. The molecule has 1 aliphatic carbocycles. The zero-order valence-electron chi connectivity index (χ0n) is 11.9. The molecule has 2 rings (SSSR count). The Morgan fingerprint density at radius 3 is 2.56 bits per heavy atom. The smallest absolute Gasteiger partial charge is 0.133 e. The summed E-state index contributed by atoms with van der Waals surface area (Å²) in [7, 11) is 0. The second-order valence-electron chi connectivity index (χ2n) is 5.88. The molecule has 0 aliphatic heterocycles. The van der Waals surface area contributed by atoms with E-state index >= 15 is 0 Å². The van der Waals surface area contributed by atoms with Crippen molar-refractivity contribution in [2.75, 3.05) is 6.54 Å². The Morgan fingerprint density at radius 2 is 2.00 bits per heavy atom. The van der Waals surface area contributed by atoms with E-state index in [2.05, 4.69) is 35.5 Å². The van der Waals surface area contributed by atoms with Crippen LogP contribution in [0.2, 0.25) is 0 Å². The monoisotopic (exact) mass is 250 g/mol. The van der Waals surface area contributed by atoms with Crippen molar-refractivity contribution in [3.8, 4) is 0 Å². The highest BCUT2D eigenvalue weighted by atomic mass is 15.3. The van der Waals surface area contributed by atoms with Crippen LogP contribution in [0.4, 0.5) is 0 Å². The fourth-order valence-corrected chi connectivity index (χ4v) is 2.73. The third-order valence-corrected chi connectivity index (χ3v) is 4.07. The first kappa shape index (κ1) is 13.5. The predicted octanol–water partition coefficient (Wildman–Crippen LogP) is 2.48. The second kappa shape index (κ2) is 5.83. The molecule has 0 aromatic carbocycles. The van der Waals surface area contributed by atoms with Gasteiger partial charge < -0.3 is 10.3 Å². The number of aromatic nitrogens is 3. The molecule has 102 valence electrons. The quantitative estimate of drug-likeness (QED) is 0.809. The Balaban J connectivity index is 1.96. The molecule has 0 bridgehead atoms. The van der Waals surface area contributed by atoms with Gasteiger partial charge in [0.15, 0.2) is 0 Å². The molecule has 1 atom stereocenters. The molecular formula is C14H26N4. The summed E-state index contributed by atoms with van der Waals surface area (Å²) in [5.41, 5.74) is 5.70. The Morgan fingerprint density at radius 1 is 1.28 bits per heavy atom. The van der Waals surface area contributed by atoms with E-state index in [0.29, 0.717) is 17.9 Å². The molecule has 1 heterocycles. The van der Waals surface area contributed by atoms with Crippen LogP contribution in [0.3, 0.4) is 0 Å². The lowest BCUT2D eigenvalue weighted by Gasteiger charge is -2.19. The predicted molar refractivity (Wildman–Crippen MR) is 73.4 cm³/mol. The van der Waals surface area contributed by atoms with Gasteiger partial charge in [0, 0.05) is 12.5 Å². The van der Waals surface area contributed by atoms with Gasteiger partial charge >= 0.3 is 0 Å². The van der Waals surface area contributed by atoms with Crippen LogP contribution >= 0.6 is 0 Å². The Labute approximate surface area is 110 Å². The molecule has 0 saturated heterocycles. The van der Waals surface area contributed by atoms with Gasteiger partial charge in [-0.1, -0.05) is 13.8 Å². The van der Waals surface area contributed by atoms with Gasteiger partial charge in [-0.3, -0.25) is 0 Å². The van der Waals surface area contributed by atoms with E-state index in [-0.39, 0.29) is 0 Å². The van der Waals surface area contributed by atoms with Crippen molar-refractivity contribution in [2.24, 2.45) is 17.6 Å². The molecule has 1 fully saturated rings. The van der Waals surface area contributed by atoms with Crippen molar-refractivity contribution in [1.29, 1.82) is 0 Å². The molecule has 1 aromatic heterocycles. The van der Waals surface area contributed by atoms with Crippen LogP contribution < -0.4 is 5.73 Å². The zero-order chi connectivity index (χ0) is 13.1. The lowest BCUT2D eigenvalue weighted by molar-refractivity contribution is 0.337. The topological polar surface area (TPSA) is 56.7 Å². The molecule has 1 saturated carbocycles. The van der Waals surface area contributed by atoms with E-state index in [1.54, 1.807) is 0 Å². The summed E-state index contributed by atoms with van der Waals surface area (Å²) < 4.78 is 2.35. The average molecular weight is 250 g/mol. The summed E-state index contributed by atoms with van der Waals surface area (Å²) in [6, 6.07) is 0.682. The third-order valence-electron chi connectivity index (χ3n) is 4.07. The van der Waals surface area contributed by atoms with Crippen molar-refractivity contribution in [1.82, 2.24) is 14.8 Å². The number of nitrogens with two attached hydrogens (primary N) is 1. The van der Waals surface area contributed by atoms with Gasteiger partial charge in [-0.05, 0) is 51.0 Å². The van der Waals surface area contributed by atoms with Crippen LogP contribution in [-0.4, -0.2) is 21.3 Å². The van der Waals surface area contributed by atoms with Crippen LogP contribution in [0, 0.1) is 18.8 Å². The summed E-state index contributed by atoms with van der Waals surface area (Å²) in [6.45, 7) is 7.43. The molecule has 1 unspecified atom stereocenters. The van der Waals surface area contributed by atoms with Crippen molar-refractivity contribution in [2.45, 2.75) is 58.9 Å². The van der Waals surface area contributed by atoms with Crippen LogP contribution in [0.15, 0.2) is 0 Å². The highest BCUT2D eigenvalue weighted by Gasteiger charge is 2.28. The summed E-state index contributed by atoms with van der Waals surface area (Å²) >= 11 is 0. The molecule has 0 spiro atoms. The molecule has 1 aliphatic rings. The fourth-order valence-electron chi connectivity index (χ4n) is 2.73. The van der Waals surface area contributed by atoms with Crippen molar-refractivity contribution < 1.29 is 0 Å². The molecule has 1 aromatic rings. The molecular weight excluding hydrogens is 224 g/mol. The summed E-state index contributed by atoms with van der Waals surface area (Å²) in [5, 5.41) is 8.58. The first-order chi connectivity index (χ1) is 8.63. The molecule has 0 radical (unpaired) electrons. The molecule has 4 heteroatoms. The minimum atomic E-state index is 0.682. The Kier molecular flexibility index (Phi) is 4.38.